The van der Waals surface area contributed by atoms with E-state index in [0.717, 1.165) is 48.2 Å². The Hall–Kier alpha value is -2.94. The van der Waals surface area contributed by atoms with Crippen LogP contribution >= 0.6 is 23.2 Å². The van der Waals surface area contributed by atoms with E-state index >= 15 is 0 Å². The first-order valence-electron chi connectivity index (χ1n) is 11.5. The van der Waals surface area contributed by atoms with Gasteiger partial charge in [0, 0.05) is 25.7 Å². The number of H-pyrrole nitrogens is 1. The lowest BCUT2D eigenvalue weighted by Gasteiger charge is -2.29. The summed E-state index contributed by atoms with van der Waals surface area (Å²) in [6.07, 6.45) is 1.74. The molecule has 2 aromatic carbocycles. The van der Waals surface area contributed by atoms with E-state index in [1.54, 1.807) is 13.0 Å². The van der Waals surface area contributed by atoms with Gasteiger partial charge in [-0.1, -0.05) is 35.8 Å². The molecule has 1 unspecified atom stereocenters. The minimum atomic E-state index is -0.558. The van der Waals surface area contributed by atoms with Crippen molar-refractivity contribution < 1.29 is 9.53 Å². The summed E-state index contributed by atoms with van der Waals surface area (Å²) in [4.78, 5) is 24.3. The summed E-state index contributed by atoms with van der Waals surface area (Å²) in [5.74, 6) is 0.875. The van der Waals surface area contributed by atoms with E-state index in [1.165, 1.54) is 0 Å². The number of likely N-dealkylation sites (N-methyl/N-ethyl adjacent to an activating group) is 1. The van der Waals surface area contributed by atoms with E-state index in [-0.39, 0.29) is 6.54 Å². The number of hydrogen-bond acceptors (Lipinski definition) is 6. The third-order valence-corrected chi connectivity index (χ3v) is 6.43. The molecule has 0 spiro atoms. The van der Waals surface area contributed by atoms with E-state index in [9.17, 15) is 4.79 Å². The molecular formula is C25H30Cl2N6O2. The number of nitrogens with one attached hydrogen (secondary N) is 3. The molecule has 0 aliphatic carbocycles. The van der Waals surface area contributed by atoms with Gasteiger partial charge in [0.25, 0.3) is 0 Å². The van der Waals surface area contributed by atoms with Crippen LogP contribution in [0.25, 0.3) is 11.0 Å². The number of hydrogen-bond donors (Lipinski definition) is 3. The first-order valence-corrected chi connectivity index (χ1v) is 12.2. The van der Waals surface area contributed by atoms with Crippen LogP contribution in [0.15, 0.2) is 42.7 Å². The van der Waals surface area contributed by atoms with Gasteiger partial charge in [-0.05, 0) is 63.7 Å². The number of fused-ring (bicyclic) bond motifs is 1. The number of rotatable bonds is 8. The molecule has 1 fully saturated rings. The average molecular weight is 517 g/mol. The summed E-state index contributed by atoms with van der Waals surface area (Å²) in [5, 5.41) is 7.14. The van der Waals surface area contributed by atoms with Crippen molar-refractivity contribution in [2.45, 2.75) is 32.4 Å². The average Bonchev–Trinajstić information content (AvgIpc) is 3.38. The van der Waals surface area contributed by atoms with Crippen molar-refractivity contribution in [1.82, 2.24) is 20.2 Å². The zero-order chi connectivity index (χ0) is 25.1. The van der Waals surface area contributed by atoms with Crippen molar-refractivity contribution in [1.29, 1.82) is 0 Å². The van der Waals surface area contributed by atoms with Crippen LogP contribution in [0.2, 0.25) is 10.0 Å². The molecular weight excluding hydrogens is 487 g/mol. The SMILES string of the molecule is C=C(C)OC(=O)NCc1ccc(Cl)c(Nc2nc3cc(Cl)c(N4CCCC4CN(C)C)cc3[nH]2)c1. The van der Waals surface area contributed by atoms with E-state index in [4.69, 9.17) is 27.9 Å². The number of imidazole rings is 1. The van der Waals surface area contributed by atoms with Crippen molar-refractivity contribution in [2.24, 2.45) is 0 Å². The number of nitrogens with zero attached hydrogens (tertiary/aromatic N) is 3. The fraction of sp³-hybridized carbons (Fsp3) is 0.360. The highest BCUT2D eigenvalue weighted by molar-refractivity contribution is 6.34. The first-order chi connectivity index (χ1) is 16.7. The number of alkyl carbamates (subject to hydrolysis) is 1. The van der Waals surface area contributed by atoms with Crippen LogP contribution in [0.3, 0.4) is 0 Å². The van der Waals surface area contributed by atoms with Crippen LogP contribution in [-0.2, 0) is 11.3 Å². The third kappa shape index (κ3) is 6.20. The van der Waals surface area contributed by atoms with E-state index in [0.29, 0.717) is 33.5 Å². The number of amides is 1. The molecule has 186 valence electrons. The number of ether oxygens (including phenoxy) is 1. The highest BCUT2D eigenvalue weighted by Crippen LogP contribution is 2.36. The van der Waals surface area contributed by atoms with Crippen LogP contribution in [0.5, 0.6) is 0 Å². The van der Waals surface area contributed by atoms with Crippen molar-refractivity contribution in [3.63, 3.8) is 0 Å². The molecule has 1 aliphatic heterocycles. The van der Waals surface area contributed by atoms with Gasteiger partial charge in [-0.15, -0.1) is 0 Å². The Balaban J connectivity index is 1.52. The molecule has 0 saturated carbocycles. The largest absolute Gasteiger partial charge is 0.416 e. The second kappa shape index (κ2) is 10.8. The van der Waals surface area contributed by atoms with Gasteiger partial charge in [0.1, 0.15) is 0 Å². The number of carbonyl (C=O) groups excluding carboxylic acids is 1. The lowest BCUT2D eigenvalue weighted by Crippen LogP contribution is -2.37. The van der Waals surface area contributed by atoms with E-state index in [2.05, 4.69) is 57.1 Å². The Morgan fingerprint density at radius 3 is 2.83 bits per heavy atom. The second-order valence-corrected chi connectivity index (χ2v) is 9.86. The molecule has 1 atom stereocenters. The van der Waals surface area contributed by atoms with Crippen LogP contribution < -0.4 is 15.5 Å². The van der Waals surface area contributed by atoms with Gasteiger partial charge < -0.3 is 30.2 Å². The number of benzene rings is 2. The molecule has 1 saturated heterocycles. The molecule has 0 bridgehead atoms. The molecule has 2 heterocycles. The molecule has 8 nitrogen and oxygen atoms in total. The maximum Gasteiger partial charge on any atom is 0.412 e. The fourth-order valence-electron chi connectivity index (χ4n) is 4.34. The summed E-state index contributed by atoms with van der Waals surface area (Å²) < 4.78 is 4.92. The second-order valence-electron chi connectivity index (χ2n) is 9.04. The van der Waals surface area contributed by atoms with Gasteiger partial charge in [-0.3, -0.25) is 0 Å². The number of aromatic amines is 1. The summed E-state index contributed by atoms with van der Waals surface area (Å²) >= 11 is 13.1. The summed E-state index contributed by atoms with van der Waals surface area (Å²) in [5.41, 5.74) is 4.18. The monoisotopic (exact) mass is 516 g/mol. The van der Waals surface area contributed by atoms with Gasteiger partial charge in [0.05, 0.1) is 38.2 Å². The minimum absolute atomic E-state index is 0.279. The zero-order valence-electron chi connectivity index (χ0n) is 20.1. The van der Waals surface area contributed by atoms with Crippen LogP contribution in [0, 0.1) is 0 Å². The van der Waals surface area contributed by atoms with Crippen molar-refractivity contribution in [2.75, 3.05) is 37.4 Å². The molecule has 4 rings (SSSR count). The maximum absolute atomic E-state index is 11.7. The molecule has 0 radical (unpaired) electrons. The molecule has 1 aliphatic rings. The quantitative estimate of drug-likeness (QED) is 0.323. The number of carbonyl (C=O) groups is 1. The van der Waals surface area contributed by atoms with Crippen LogP contribution in [0.1, 0.15) is 25.3 Å². The maximum atomic E-state index is 11.7. The van der Waals surface area contributed by atoms with Crippen LogP contribution in [0.4, 0.5) is 22.1 Å². The predicted octanol–water partition coefficient (Wildman–Crippen LogP) is 5.90. The van der Waals surface area contributed by atoms with Gasteiger partial charge in [-0.2, -0.15) is 0 Å². The van der Waals surface area contributed by atoms with Crippen molar-refractivity contribution in [3.05, 3.63) is 58.3 Å². The lowest BCUT2D eigenvalue weighted by molar-refractivity contribution is 0.176. The number of anilines is 3. The first kappa shape index (κ1) is 25.2. The number of allylic oxidation sites excluding steroid dienone is 1. The van der Waals surface area contributed by atoms with Gasteiger partial charge in [0.15, 0.2) is 0 Å². The van der Waals surface area contributed by atoms with Gasteiger partial charge in [-0.25, -0.2) is 9.78 Å². The minimum Gasteiger partial charge on any atom is -0.416 e. The lowest BCUT2D eigenvalue weighted by atomic mass is 10.2. The predicted molar refractivity (Wildman–Crippen MR) is 143 cm³/mol. The fourth-order valence-corrected chi connectivity index (χ4v) is 4.77. The Bertz CT molecular complexity index is 1240. The Morgan fingerprint density at radius 1 is 1.29 bits per heavy atom. The number of aromatic nitrogens is 2. The normalized spacial score (nSPS) is 15.6. The Morgan fingerprint density at radius 2 is 2.09 bits per heavy atom. The molecule has 1 amide bonds. The highest BCUT2D eigenvalue weighted by atomic mass is 35.5. The van der Waals surface area contributed by atoms with Crippen LogP contribution in [-0.4, -0.2) is 54.2 Å². The molecule has 35 heavy (non-hydrogen) atoms. The topological polar surface area (TPSA) is 85.5 Å². The molecule has 1 aromatic heterocycles. The molecule has 10 heteroatoms. The van der Waals surface area contributed by atoms with Gasteiger partial charge >= 0.3 is 6.09 Å². The summed E-state index contributed by atoms with van der Waals surface area (Å²) in [6.45, 7) is 7.42. The number of halogens is 2. The summed E-state index contributed by atoms with van der Waals surface area (Å²) in [6, 6.07) is 9.85. The smallest absolute Gasteiger partial charge is 0.412 e. The molecule has 3 N–H and O–H groups in total. The highest BCUT2D eigenvalue weighted by Gasteiger charge is 2.27. The van der Waals surface area contributed by atoms with E-state index in [1.807, 2.05) is 18.2 Å². The van der Waals surface area contributed by atoms with E-state index < -0.39 is 6.09 Å². The van der Waals surface area contributed by atoms with Crippen molar-refractivity contribution >= 4 is 57.7 Å². The Kier molecular flexibility index (Phi) is 7.74. The molecule has 3 aromatic rings. The Labute approximate surface area is 215 Å². The third-order valence-electron chi connectivity index (χ3n) is 5.80. The zero-order valence-corrected chi connectivity index (χ0v) is 21.6. The van der Waals surface area contributed by atoms with Gasteiger partial charge in [0.2, 0.25) is 5.95 Å². The van der Waals surface area contributed by atoms with Crippen molar-refractivity contribution in [3.8, 4) is 0 Å². The summed E-state index contributed by atoms with van der Waals surface area (Å²) in [7, 11) is 4.19. The standard InChI is InChI=1S/C25H30Cl2N6O2/c1-15(2)35-25(34)28-13-16-7-8-18(26)20(10-16)29-24-30-21-11-19(27)23(12-22(21)31-24)33-9-5-6-17(33)14-32(3)4/h7-8,10-12,17H,1,5-6,9,13-14H2,2-4H3,(H,28,34)(H2,29,30,31).